The normalized spacial score (nSPS) is 10.2. The first kappa shape index (κ1) is 11.7. The van der Waals surface area contributed by atoms with Crippen molar-refractivity contribution in [3.8, 4) is 0 Å². The van der Waals surface area contributed by atoms with E-state index < -0.39 is 5.69 Å². The van der Waals surface area contributed by atoms with Crippen LogP contribution in [-0.4, -0.2) is 40.9 Å². The molecule has 84 valence electrons. The van der Waals surface area contributed by atoms with Crippen LogP contribution in [0.15, 0.2) is 4.79 Å². The Morgan fingerprint density at radius 1 is 1.60 bits per heavy atom. The number of carbonyl (C=O) groups is 1. The minimum atomic E-state index is -0.429. The lowest BCUT2D eigenvalue weighted by Gasteiger charge is -2.03. The van der Waals surface area contributed by atoms with Gasteiger partial charge in [-0.15, -0.1) is 0 Å². The van der Waals surface area contributed by atoms with Crippen molar-refractivity contribution in [2.75, 3.05) is 20.3 Å². The van der Waals surface area contributed by atoms with E-state index in [4.69, 9.17) is 17.0 Å². The number of rotatable bonds is 5. The maximum atomic E-state index is 11.3. The van der Waals surface area contributed by atoms with Gasteiger partial charge in [-0.3, -0.25) is 14.5 Å². The molecule has 0 saturated heterocycles. The Morgan fingerprint density at radius 3 is 2.87 bits per heavy atom. The molecule has 0 atom stereocenters. The maximum absolute atomic E-state index is 11.3. The minimum absolute atomic E-state index is 0.0959. The molecule has 0 aliphatic rings. The first-order valence-corrected chi connectivity index (χ1v) is 4.69. The lowest BCUT2D eigenvalue weighted by molar-refractivity contribution is -0.121. The molecule has 1 rings (SSSR count). The summed E-state index contributed by atoms with van der Waals surface area (Å²) in [5.41, 5.74) is -0.429. The van der Waals surface area contributed by atoms with Gasteiger partial charge in [-0.25, -0.2) is 9.89 Å². The first-order valence-electron chi connectivity index (χ1n) is 4.28. The van der Waals surface area contributed by atoms with Crippen LogP contribution >= 0.6 is 12.2 Å². The lowest BCUT2D eigenvalue weighted by atomic mass is 10.5. The van der Waals surface area contributed by atoms with Gasteiger partial charge in [-0.1, -0.05) is 0 Å². The van der Waals surface area contributed by atoms with Gasteiger partial charge < -0.3 is 10.1 Å². The average molecular weight is 232 g/mol. The van der Waals surface area contributed by atoms with E-state index in [1.54, 1.807) is 7.11 Å². The van der Waals surface area contributed by atoms with Crippen molar-refractivity contribution in [1.82, 2.24) is 20.1 Å². The molecule has 1 aromatic heterocycles. The van der Waals surface area contributed by atoms with Crippen LogP contribution in [0.1, 0.15) is 0 Å². The topological polar surface area (TPSA) is 91.9 Å². The van der Waals surface area contributed by atoms with E-state index in [2.05, 4.69) is 15.5 Å². The number of nitrogens with zero attached hydrogens (tertiary/aromatic N) is 1. The molecule has 15 heavy (non-hydrogen) atoms. The monoisotopic (exact) mass is 232 g/mol. The second kappa shape index (κ2) is 5.47. The van der Waals surface area contributed by atoms with Crippen LogP contribution in [0.5, 0.6) is 0 Å². The zero-order valence-electron chi connectivity index (χ0n) is 8.20. The summed E-state index contributed by atoms with van der Waals surface area (Å²) in [6, 6.07) is 0. The summed E-state index contributed by atoms with van der Waals surface area (Å²) in [6.07, 6.45) is 0. The van der Waals surface area contributed by atoms with Crippen LogP contribution in [0.25, 0.3) is 0 Å². The number of aromatic nitrogens is 3. The molecular weight excluding hydrogens is 220 g/mol. The Morgan fingerprint density at radius 2 is 2.33 bits per heavy atom. The third-order valence-corrected chi connectivity index (χ3v) is 2.02. The molecule has 0 saturated carbocycles. The summed E-state index contributed by atoms with van der Waals surface area (Å²) in [7, 11) is 1.54. The fourth-order valence-electron chi connectivity index (χ4n) is 0.970. The molecule has 0 unspecified atom stereocenters. The maximum Gasteiger partial charge on any atom is 0.342 e. The van der Waals surface area contributed by atoms with E-state index in [0.717, 1.165) is 4.57 Å². The van der Waals surface area contributed by atoms with Crippen LogP contribution in [0, 0.1) is 4.77 Å². The summed E-state index contributed by atoms with van der Waals surface area (Å²) in [6.45, 7) is 0.743. The summed E-state index contributed by atoms with van der Waals surface area (Å²) in [5.74, 6) is -0.284. The van der Waals surface area contributed by atoms with Crippen molar-refractivity contribution in [3.05, 3.63) is 15.3 Å². The van der Waals surface area contributed by atoms with E-state index in [0.29, 0.717) is 13.2 Å². The molecule has 1 aromatic rings. The molecule has 8 heteroatoms. The van der Waals surface area contributed by atoms with E-state index in [9.17, 15) is 9.59 Å². The van der Waals surface area contributed by atoms with Crippen molar-refractivity contribution in [2.45, 2.75) is 6.54 Å². The van der Waals surface area contributed by atoms with Crippen molar-refractivity contribution in [3.63, 3.8) is 0 Å². The van der Waals surface area contributed by atoms with Gasteiger partial charge in [0.25, 0.3) is 0 Å². The summed E-state index contributed by atoms with van der Waals surface area (Å²) in [4.78, 5) is 22.4. The fourth-order valence-corrected chi connectivity index (χ4v) is 1.17. The number of carbonyl (C=O) groups excluding carboxylic acids is 1. The summed E-state index contributed by atoms with van der Waals surface area (Å²) >= 11 is 4.80. The van der Waals surface area contributed by atoms with Crippen LogP contribution in [0.3, 0.4) is 0 Å². The second-order valence-electron chi connectivity index (χ2n) is 2.79. The summed E-state index contributed by atoms with van der Waals surface area (Å²) in [5, 5.41) is 7.31. The second-order valence-corrected chi connectivity index (χ2v) is 3.18. The first-order chi connectivity index (χ1) is 7.15. The molecule has 0 aliphatic carbocycles. The summed E-state index contributed by atoms with van der Waals surface area (Å²) < 4.78 is 6.09. The minimum Gasteiger partial charge on any atom is -0.383 e. The lowest BCUT2D eigenvalue weighted by Crippen LogP contribution is -2.33. The molecule has 0 fully saturated rings. The highest BCUT2D eigenvalue weighted by molar-refractivity contribution is 7.71. The third kappa shape index (κ3) is 3.33. The predicted molar refractivity (Wildman–Crippen MR) is 55.1 cm³/mol. The number of amides is 1. The number of H-pyrrole nitrogens is 2. The molecule has 1 amide bonds. The van der Waals surface area contributed by atoms with Crippen LogP contribution in [0.2, 0.25) is 0 Å². The Kier molecular flexibility index (Phi) is 4.25. The molecule has 0 spiro atoms. The highest BCUT2D eigenvalue weighted by Crippen LogP contribution is 1.81. The molecule has 1 heterocycles. The average Bonchev–Trinajstić information content (AvgIpc) is 2.50. The zero-order valence-corrected chi connectivity index (χ0v) is 9.02. The Labute approximate surface area is 90.4 Å². The number of methoxy groups -OCH3 is 1. The molecular formula is C7H12N4O3S. The molecule has 0 aromatic carbocycles. The number of nitrogens with one attached hydrogen (secondary N) is 3. The molecule has 7 nitrogen and oxygen atoms in total. The van der Waals surface area contributed by atoms with E-state index in [-0.39, 0.29) is 17.2 Å². The molecule has 0 radical (unpaired) electrons. The van der Waals surface area contributed by atoms with Gasteiger partial charge >= 0.3 is 5.69 Å². The Balaban J connectivity index is 2.52. The van der Waals surface area contributed by atoms with Gasteiger partial charge in [0.1, 0.15) is 6.54 Å². The van der Waals surface area contributed by atoms with Crippen molar-refractivity contribution >= 4 is 18.1 Å². The molecule has 0 bridgehead atoms. The largest absolute Gasteiger partial charge is 0.383 e. The Bertz CT molecular complexity index is 404. The highest BCUT2D eigenvalue weighted by Gasteiger charge is 2.05. The highest BCUT2D eigenvalue weighted by atomic mass is 32.1. The van der Waals surface area contributed by atoms with Gasteiger partial charge in [-0.2, -0.15) is 0 Å². The standard InChI is InChI=1S/C7H12N4O3S/c1-14-3-2-8-5(12)4-11-6(13)9-10-7(11)15/h2-4H2,1H3,(H,8,12)(H,9,13)(H,10,15). The number of ether oxygens (including phenoxy) is 1. The SMILES string of the molecule is COCCNC(=O)Cn1c(=O)[nH][nH]c1=S. The molecule has 0 aliphatic heterocycles. The van der Waals surface area contributed by atoms with Gasteiger partial charge in [0.05, 0.1) is 6.61 Å². The third-order valence-electron chi connectivity index (χ3n) is 1.70. The number of hydrogen-bond donors (Lipinski definition) is 3. The number of hydrogen-bond acceptors (Lipinski definition) is 4. The number of aromatic amines is 2. The van der Waals surface area contributed by atoms with E-state index >= 15 is 0 Å². The van der Waals surface area contributed by atoms with Gasteiger partial charge in [0.15, 0.2) is 4.77 Å². The molecule has 3 N–H and O–H groups in total. The van der Waals surface area contributed by atoms with E-state index in [1.807, 2.05) is 0 Å². The van der Waals surface area contributed by atoms with Crippen LogP contribution in [-0.2, 0) is 16.1 Å². The Hall–Kier alpha value is -1.41. The van der Waals surface area contributed by atoms with E-state index in [1.165, 1.54) is 0 Å². The predicted octanol–water partition coefficient (Wildman–Crippen LogP) is -1.00. The quantitative estimate of drug-likeness (QED) is 0.448. The van der Waals surface area contributed by atoms with Crippen LogP contribution < -0.4 is 11.0 Å². The smallest absolute Gasteiger partial charge is 0.342 e. The van der Waals surface area contributed by atoms with Gasteiger partial charge in [0.2, 0.25) is 5.91 Å². The zero-order chi connectivity index (χ0) is 11.3. The van der Waals surface area contributed by atoms with Crippen LogP contribution in [0.4, 0.5) is 0 Å². The van der Waals surface area contributed by atoms with Crippen molar-refractivity contribution < 1.29 is 9.53 Å². The van der Waals surface area contributed by atoms with Crippen molar-refractivity contribution in [2.24, 2.45) is 0 Å². The van der Waals surface area contributed by atoms with Gasteiger partial charge in [0, 0.05) is 13.7 Å². The van der Waals surface area contributed by atoms with Gasteiger partial charge in [-0.05, 0) is 12.2 Å². The van der Waals surface area contributed by atoms with Crippen molar-refractivity contribution in [1.29, 1.82) is 0 Å². The fraction of sp³-hybridized carbons (Fsp3) is 0.571.